The molecule has 0 aliphatic heterocycles. The van der Waals surface area contributed by atoms with Gasteiger partial charge in [-0.05, 0) is 12.3 Å². The summed E-state index contributed by atoms with van der Waals surface area (Å²) in [6.45, 7) is 6.65. The van der Waals surface area contributed by atoms with E-state index in [2.05, 4.69) is 26.2 Å². The number of hydrogen-bond acceptors (Lipinski definition) is 3. The lowest BCUT2D eigenvalue weighted by molar-refractivity contribution is 0.316. The molecule has 1 saturated carbocycles. The second-order valence-corrected chi connectivity index (χ2v) is 8.02. The third-order valence-electron chi connectivity index (χ3n) is 4.12. The fourth-order valence-corrected chi connectivity index (χ4v) is 4.02. The average molecular weight is 280 g/mol. The van der Waals surface area contributed by atoms with Gasteiger partial charge >= 0.3 is 0 Å². The van der Waals surface area contributed by atoms with Crippen molar-refractivity contribution in [3.05, 3.63) is 16.1 Å². The molecule has 1 aliphatic carbocycles. The number of rotatable bonds is 4. The molecular formula is C16H28N2S. The summed E-state index contributed by atoms with van der Waals surface area (Å²) in [6, 6.07) is 0.294. The Kier molecular flexibility index (Phi) is 5.02. The summed E-state index contributed by atoms with van der Waals surface area (Å²) in [7, 11) is 0. The fourth-order valence-electron chi connectivity index (χ4n) is 2.91. The standard InChI is InChI=1S/C16H28N2S/c1-16(2,3)14-11-19-15(18-14)10-13(17)9-12-7-5-4-6-8-12/h11-13H,4-10,17H2,1-3H3. The van der Waals surface area contributed by atoms with E-state index in [0.29, 0.717) is 6.04 Å². The van der Waals surface area contributed by atoms with Crippen molar-refractivity contribution >= 4 is 11.3 Å². The molecule has 0 spiro atoms. The summed E-state index contributed by atoms with van der Waals surface area (Å²) in [4.78, 5) is 4.75. The van der Waals surface area contributed by atoms with Crippen molar-refractivity contribution in [1.82, 2.24) is 4.98 Å². The van der Waals surface area contributed by atoms with Crippen LogP contribution in [0.3, 0.4) is 0 Å². The van der Waals surface area contributed by atoms with Crippen LogP contribution in [-0.4, -0.2) is 11.0 Å². The molecule has 0 saturated heterocycles. The summed E-state index contributed by atoms with van der Waals surface area (Å²) in [5.41, 5.74) is 7.68. The molecule has 2 nitrogen and oxygen atoms in total. The van der Waals surface area contributed by atoms with Crippen LogP contribution in [0, 0.1) is 5.92 Å². The minimum Gasteiger partial charge on any atom is -0.327 e. The summed E-state index contributed by atoms with van der Waals surface area (Å²) in [5, 5.41) is 3.41. The summed E-state index contributed by atoms with van der Waals surface area (Å²) in [6.07, 6.45) is 9.15. The minimum atomic E-state index is 0.155. The van der Waals surface area contributed by atoms with Crippen LogP contribution in [0.1, 0.15) is 70.0 Å². The molecule has 1 aromatic heterocycles. The van der Waals surface area contributed by atoms with Crippen molar-refractivity contribution in [2.45, 2.75) is 77.2 Å². The van der Waals surface area contributed by atoms with E-state index in [1.165, 1.54) is 49.2 Å². The first kappa shape index (κ1) is 15.0. The monoisotopic (exact) mass is 280 g/mol. The fraction of sp³-hybridized carbons (Fsp3) is 0.812. The average Bonchev–Trinajstić information content (AvgIpc) is 2.78. The van der Waals surface area contributed by atoms with Crippen molar-refractivity contribution in [1.29, 1.82) is 0 Å². The van der Waals surface area contributed by atoms with Gasteiger partial charge in [-0.3, -0.25) is 0 Å². The SMILES string of the molecule is CC(C)(C)c1csc(CC(N)CC2CCCCC2)n1. The van der Waals surface area contributed by atoms with Gasteiger partial charge in [0.15, 0.2) is 0 Å². The van der Waals surface area contributed by atoms with E-state index in [9.17, 15) is 0 Å². The second-order valence-electron chi connectivity index (χ2n) is 7.08. The molecule has 1 fully saturated rings. The molecule has 1 aromatic rings. The van der Waals surface area contributed by atoms with Crippen molar-refractivity contribution in [3.63, 3.8) is 0 Å². The number of nitrogens with two attached hydrogens (primary N) is 1. The lowest BCUT2D eigenvalue weighted by Crippen LogP contribution is -2.27. The zero-order valence-electron chi connectivity index (χ0n) is 12.6. The molecular weight excluding hydrogens is 252 g/mol. The summed E-state index contributed by atoms with van der Waals surface area (Å²) in [5.74, 6) is 0.866. The smallest absolute Gasteiger partial charge is 0.0943 e. The van der Waals surface area contributed by atoms with Gasteiger partial charge in [-0.1, -0.05) is 52.9 Å². The Bertz CT molecular complexity index is 386. The largest absolute Gasteiger partial charge is 0.327 e. The van der Waals surface area contributed by atoms with E-state index in [1.54, 1.807) is 11.3 Å². The number of thiazole rings is 1. The Balaban J connectivity index is 1.84. The van der Waals surface area contributed by atoms with Gasteiger partial charge in [0, 0.05) is 23.3 Å². The Hall–Kier alpha value is -0.410. The Morgan fingerprint density at radius 3 is 2.58 bits per heavy atom. The van der Waals surface area contributed by atoms with Crippen molar-refractivity contribution in [3.8, 4) is 0 Å². The lowest BCUT2D eigenvalue weighted by Gasteiger charge is -2.24. The van der Waals surface area contributed by atoms with Crippen LogP contribution in [0.25, 0.3) is 0 Å². The second kappa shape index (κ2) is 6.36. The van der Waals surface area contributed by atoms with Gasteiger partial charge in [0.2, 0.25) is 0 Å². The highest BCUT2D eigenvalue weighted by Gasteiger charge is 2.20. The molecule has 1 unspecified atom stereocenters. The maximum absolute atomic E-state index is 6.32. The Labute approximate surface area is 121 Å². The van der Waals surface area contributed by atoms with Gasteiger partial charge < -0.3 is 5.73 Å². The van der Waals surface area contributed by atoms with Crippen molar-refractivity contribution in [2.24, 2.45) is 11.7 Å². The molecule has 2 rings (SSSR count). The Morgan fingerprint density at radius 1 is 1.32 bits per heavy atom. The molecule has 0 bridgehead atoms. The molecule has 0 amide bonds. The summed E-state index contributed by atoms with van der Waals surface area (Å²) >= 11 is 1.78. The van der Waals surface area contributed by atoms with Gasteiger partial charge in [0.25, 0.3) is 0 Å². The van der Waals surface area contributed by atoms with Gasteiger partial charge in [-0.2, -0.15) is 0 Å². The van der Waals surface area contributed by atoms with Gasteiger partial charge in [-0.15, -0.1) is 11.3 Å². The Morgan fingerprint density at radius 2 is 2.00 bits per heavy atom. The minimum absolute atomic E-state index is 0.155. The molecule has 1 atom stereocenters. The number of nitrogens with zero attached hydrogens (tertiary/aromatic N) is 1. The topological polar surface area (TPSA) is 38.9 Å². The molecule has 2 N–H and O–H groups in total. The maximum atomic E-state index is 6.32. The highest BCUT2D eigenvalue weighted by Crippen LogP contribution is 2.28. The van der Waals surface area contributed by atoms with E-state index in [1.807, 2.05) is 0 Å². The number of aromatic nitrogens is 1. The molecule has 19 heavy (non-hydrogen) atoms. The zero-order valence-corrected chi connectivity index (χ0v) is 13.4. The highest BCUT2D eigenvalue weighted by atomic mass is 32.1. The van der Waals surface area contributed by atoms with Gasteiger partial charge in [-0.25, -0.2) is 4.98 Å². The van der Waals surface area contributed by atoms with Crippen LogP contribution in [-0.2, 0) is 11.8 Å². The molecule has 1 heterocycles. The van der Waals surface area contributed by atoms with Crippen LogP contribution in [0.15, 0.2) is 5.38 Å². The van der Waals surface area contributed by atoms with E-state index in [0.717, 1.165) is 12.3 Å². The zero-order chi connectivity index (χ0) is 13.9. The third-order valence-corrected chi connectivity index (χ3v) is 4.99. The van der Waals surface area contributed by atoms with E-state index >= 15 is 0 Å². The molecule has 0 radical (unpaired) electrons. The first-order chi connectivity index (χ1) is 8.95. The van der Waals surface area contributed by atoms with Crippen LogP contribution in [0.2, 0.25) is 0 Å². The van der Waals surface area contributed by atoms with Crippen LogP contribution in [0.5, 0.6) is 0 Å². The van der Waals surface area contributed by atoms with Crippen LogP contribution >= 0.6 is 11.3 Å². The molecule has 1 aliphatic rings. The van der Waals surface area contributed by atoms with Crippen LogP contribution < -0.4 is 5.73 Å². The van der Waals surface area contributed by atoms with E-state index < -0.39 is 0 Å². The summed E-state index contributed by atoms with van der Waals surface area (Å²) < 4.78 is 0. The van der Waals surface area contributed by atoms with Crippen LogP contribution in [0.4, 0.5) is 0 Å². The van der Waals surface area contributed by atoms with Crippen molar-refractivity contribution < 1.29 is 0 Å². The van der Waals surface area contributed by atoms with E-state index in [-0.39, 0.29) is 5.41 Å². The first-order valence-corrected chi connectivity index (χ1v) is 8.53. The lowest BCUT2D eigenvalue weighted by atomic mass is 9.84. The van der Waals surface area contributed by atoms with Gasteiger partial charge in [0.1, 0.15) is 0 Å². The normalized spacial score (nSPS) is 19.6. The molecule has 3 heteroatoms. The quantitative estimate of drug-likeness (QED) is 0.894. The molecule has 0 aromatic carbocycles. The number of hydrogen-bond donors (Lipinski definition) is 1. The highest BCUT2D eigenvalue weighted by molar-refractivity contribution is 7.09. The first-order valence-electron chi connectivity index (χ1n) is 7.65. The van der Waals surface area contributed by atoms with Gasteiger partial charge in [0.05, 0.1) is 10.7 Å². The predicted molar refractivity (Wildman–Crippen MR) is 83.7 cm³/mol. The molecule has 108 valence electrons. The predicted octanol–water partition coefficient (Wildman–Crippen LogP) is 4.28. The van der Waals surface area contributed by atoms with Crippen molar-refractivity contribution in [2.75, 3.05) is 0 Å². The maximum Gasteiger partial charge on any atom is 0.0943 e. The van der Waals surface area contributed by atoms with E-state index in [4.69, 9.17) is 10.7 Å². The third kappa shape index (κ3) is 4.57.